The van der Waals surface area contributed by atoms with E-state index in [4.69, 9.17) is 19.2 Å². The first-order valence-electron chi connectivity index (χ1n) is 11.2. The van der Waals surface area contributed by atoms with Gasteiger partial charge in [0.25, 0.3) is 0 Å². The summed E-state index contributed by atoms with van der Waals surface area (Å²) in [7, 11) is 3.16. The molecule has 1 aliphatic rings. The SMILES string of the molecule is CCCCCSc1nnc2c(n1)O[C@@H](c1ccc(OC)cc1OC)N(C(C)=O)c1ccccc1-2. The number of thioether (sulfide) groups is 1. The van der Waals surface area contributed by atoms with Crippen LogP contribution in [0.2, 0.25) is 0 Å². The highest BCUT2D eigenvalue weighted by molar-refractivity contribution is 7.99. The van der Waals surface area contributed by atoms with Gasteiger partial charge in [0.05, 0.1) is 25.5 Å². The maximum atomic E-state index is 13.0. The van der Waals surface area contributed by atoms with E-state index < -0.39 is 6.23 Å². The molecule has 1 aliphatic heterocycles. The lowest BCUT2D eigenvalue weighted by atomic mass is 10.1. The zero-order valence-corrected chi connectivity index (χ0v) is 20.6. The number of para-hydroxylation sites is 1. The number of aromatic nitrogens is 3. The predicted octanol–water partition coefficient (Wildman–Crippen LogP) is 5.28. The lowest BCUT2D eigenvalue weighted by molar-refractivity contribution is -0.118. The van der Waals surface area contributed by atoms with E-state index in [-0.39, 0.29) is 5.91 Å². The maximum absolute atomic E-state index is 13.0. The minimum Gasteiger partial charge on any atom is -0.497 e. The van der Waals surface area contributed by atoms with E-state index in [1.165, 1.54) is 6.92 Å². The van der Waals surface area contributed by atoms with Crippen LogP contribution >= 0.6 is 11.8 Å². The van der Waals surface area contributed by atoms with E-state index in [1.807, 2.05) is 36.4 Å². The molecule has 0 aliphatic carbocycles. The van der Waals surface area contributed by atoms with E-state index in [2.05, 4.69) is 17.1 Å². The van der Waals surface area contributed by atoms with Crippen molar-refractivity contribution in [2.24, 2.45) is 0 Å². The van der Waals surface area contributed by atoms with Gasteiger partial charge < -0.3 is 14.2 Å². The minimum atomic E-state index is -0.824. The van der Waals surface area contributed by atoms with Crippen molar-refractivity contribution in [2.45, 2.75) is 44.5 Å². The van der Waals surface area contributed by atoms with Crippen molar-refractivity contribution < 1.29 is 19.0 Å². The first kappa shape index (κ1) is 23.8. The molecule has 178 valence electrons. The Bertz CT molecular complexity index is 1170. The van der Waals surface area contributed by atoms with Crippen LogP contribution in [0.3, 0.4) is 0 Å². The molecule has 0 unspecified atom stereocenters. The van der Waals surface area contributed by atoms with Crippen LogP contribution in [-0.4, -0.2) is 41.1 Å². The van der Waals surface area contributed by atoms with Crippen molar-refractivity contribution in [1.29, 1.82) is 0 Å². The molecular weight excluding hydrogens is 452 g/mol. The first-order valence-corrected chi connectivity index (χ1v) is 12.2. The summed E-state index contributed by atoms with van der Waals surface area (Å²) in [5.74, 6) is 2.21. The number of amides is 1. The van der Waals surface area contributed by atoms with Gasteiger partial charge >= 0.3 is 0 Å². The molecule has 0 fully saturated rings. The Balaban J connectivity index is 1.83. The third-order valence-corrected chi connectivity index (χ3v) is 6.46. The molecule has 2 heterocycles. The summed E-state index contributed by atoms with van der Waals surface area (Å²) in [6.07, 6.45) is 2.56. The fraction of sp³-hybridized carbons (Fsp3) is 0.360. The van der Waals surface area contributed by atoms with E-state index in [1.54, 1.807) is 36.9 Å². The Morgan fingerprint density at radius 2 is 1.94 bits per heavy atom. The Hall–Kier alpha value is -3.33. The van der Waals surface area contributed by atoms with Crippen molar-refractivity contribution in [2.75, 3.05) is 24.9 Å². The largest absolute Gasteiger partial charge is 0.497 e. The number of rotatable bonds is 8. The second-order valence-electron chi connectivity index (χ2n) is 7.79. The highest BCUT2D eigenvalue weighted by Crippen LogP contribution is 2.45. The number of benzene rings is 2. The molecule has 0 bridgehead atoms. The van der Waals surface area contributed by atoms with Gasteiger partial charge in [0, 0.05) is 24.3 Å². The van der Waals surface area contributed by atoms with Crippen LogP contribution in [0.4, 0.5) is 5.69 Å². The summed E-state index contributed by atoms with van der Waals surface area (Å²) in [4.78, 5) is 19.2. The standard InChI is InChI=1S/C25H28N4O4S/c1-5-6-9-14-34-25-26-23-22(27-28-25)18-10-7-8-11-20(18)29(16(2)30)24(33-23)19-13-12-17(31-3)15-21(19)32-4/h7-8,10-13,15,24H,5-6,9,14H2,1-4H3/t24-/m0/s1. The molecule has 1 aromatic heterocycles. The normalized spacial score (nSPS) is 14.5. The average Bonchev–Trinajstić information content (AvgIpc) is 3.00. The van der Waals surface area contributed by atoms with Crippen LogP contribution in [0.5, 0.6) is 17.4 Å². The fourth-order valence-electron chi connectivity index (χ4n) is 3.85. The molecule has 4 rings (SSSR count). The fourth-order valence-corrected chi connectivity index (χ4v) is 4.63. The number of methoxy groups -OCH3 is 2. The van der Waals surface area contributed by atoms with Crippen molar-refractivity contribution in [3.8, 4) is 28.6 Å². The topological polar surface area (TPSA) is 86.7 Å². The van der Waals surface area contributed by atoms with Gasteiger partial charge in [0.2, 0.25) is 23.2 Å². The molecule has 0 saturated heterocycles. The van der Waals surface area contributed by atoms with Crippen molar-refractivity contribution in [3.05, 3.63) is 48.0 Å². The second kappa shape index (κ2) is 10.7. The quantitative estimate of drug-likeness (QED) is 0.318. The third-order valence-electron chi connectivity index (χ3n) is 5.54. The first-order chi connectivity index (χ1) is 16.6. The monoisotopic (exact) mass is 480 g/mol. The summed E-state index contributed by atoms with van der Waals surface area (Å²) < 4.78 is 17.4. The van der Waals surface area contributed by atoms with Crippen LogP contribution in [0.15, 0.2) is 47.6 Å². The van der Waals surface area contributed by atoms with Gasteiger partial charge in [-0.05, 0) is 24.6 Å². The number of nitrogens with zero attached hydrogens (tertiary/aromatic N) is 4. The average molecular weight is 481 g/mol. The molecule has 0 spiro atoms. The van der Waals surface area contributed by atoms with Gasteiger partial charge in [-0.3, -0.25) is 9.69 Å². The number of unbranched alkanes of at least 4 members (excludes halogenated alkanes) is 2. The Morgan fingerprint density at radius 3 is 2.68 bits per heavy atom. The molecule has 8 nitrogen and oxygen atoms in total. The Labute approximate surface area is 203 Å². The predicted molar refractivity (Wildman–Crippen MR) is 132 cm³/mol. The maximum Gasteiger partial charge on any atom is 0.247 e. The second-order valence-corrected chi connectivity index (χ2v) is 8.85. The number of hydrogen-bond donors (Lipinski definition) is 0. The van der Waals surface area contributed by atoms with Crippen LogP contribution < -0.4 is 19.1 Å². The van der Waals surface area contributed by atoms with E-state index in [9.17, 15) is 4.79 Å². The lowest BCUT2D eigenvalue weighted by Crippen LogP contribution is -2.36. The zero-order chi connectivity index (χ0) is 24.1. The van der Waals surface area contributed by atoms with Crippen molar-refractivity contribution in [3.63, 3.8) is 0 Å². The van der Waals surface area contributed by atoms with Crippen LogP contribution in [-0.2, 0) is 4.79 Å². The molecule has 9 heteroatoms. The van der Waals surface area contributed by atoms with Gasteiger partial charge in [-0.2, -0.15) is 4.98 Å². The Kier molecular flexibility index (Phi) is 7.52. The lowest BCUT2D eigenvalue weighted by Gasteiger charge is -2.30. The smallest absolute Gasteiger partial charge is 0.247 e. The summed E-state index contributed by atoms with van der Waals surface area (Å²) >= 11 is 1.55. The molecule has 1 atom stereocenters. The number of carbonyl (C=O) groups is 1. The molecule has 2 aromatic carbocycles. The van der Waals surface area contributed by atoms with Gasteiger partial charge in [-0.1, -0.05) is 49.7 Å². The van der Waals surface area contributed by atoms with Gasteiger partial charge in [-0.25, -0.2) is 0 Å². The molecular formula is C25H28N4O4S. The summed E-state index contributed by atoms with van der Waals surface area (Å²) in [5, 5.41) is 9.34. The van der Waals surface area contributed by atoms with Crippen molar-refractivity contribution in [1.82, 2.24) is 15.2 Å². The highest BCUT2D eigenvalue weighted by Gasteiger charge is 2.36. The van der Waals surface area contributed by atoms with Crippen LogP contribution in [0.25, 0.3) is 11.3 Å². The Morgan fingerprint density at radius 1 is 1.12 bits per heavy atom. The van der Waals surface area contributed by atoms with Gasteiger partial charge in [-0.15, -0.1) is 10.2 Å². The molecule has 34 heavy (non-hydrogen) atoms. The van der Waals surface area contributed by atoms with E-state index in [0.717, 1.165) is 30.6 Å². The summed E-state index contributed by atoms with van der Waals surface area (Å²) in [6.45, 7) is 3.68. The number of carbonyl (C=O) groups excluding carboxylic acids is 1. The number of ether oxygens (including phenoxy) is 3. The third kappa shape index (κ3) is 4.79. The number of hydrogen-bond acceptors (Lipinski definition) is 8. The minimum absolute atomic E-state index is 0.190. The zero-order valence-electron chi connectivity index (χ0n) is 19.8. The summed E-state index contributed by atoms with van der Waals surface area (Å²) in [5.41, 5.74) is 2.55. The summed E-state index contributed by atoms with van der Waals surface area (Å²) in [6, 6.07) is 12.9. The van der Waals surface area contributed by atoms with E-state index >= 15 is 0 Å². The van der Waals surface area contributed by atoms with Crippen LogP contribution in [0.1, 0.15) is 44.9 Å². The molecule has 1 amide bonds. The number of fused-ring (bicyclic) bond motifs is 3. The van der Waals surface area contributed by atoms with Gasteiger partial charge in [0.15, 0.2) is 5.69 Å². The molecule has 3 aromatic rings. The van der Waals surface area contributed by atoms with Gasteiger partial charge in [0.1, 0.15) is 11.5 Å². The molecule has 0 N–H and O–H groups in total. The molecule has 0 radical (unpaired) electrons. The van der Waals surface area contributed by atoms with Crippen molar-refractivity contribution >= 4 is 23.4 Å². The van der Waals surface area contributed by atoms with Crippen LogP contribution in [0, 0.1) is 0 Å². The number of anilines is 1. The van der Waals surface area contributed by atoms with E-state index in [0.29, 0.717) is 39.5 Å². The molecule has 0 saturated carbocycles. The highest BCUT2D eigenvalue weighted by atomic mass is 32.2.